The molecule has 2 atom stereocenters. The molecule has 4 heteroatoms. The first-order chi connectivity index (χ1) is 8.38. The fourth-order valence-corrected chi connectivity index (χ4v) is 2.70. The van der Waals surface area contributed by atoms with E-state index in [9.17, 15) is 4.79 Å². The van der Waals surface area contributed by atoms with Crippen molar-refractivity contribution >= 4 is 6.09 Å². The molecule has 0 spiro atoms. The fraction of sp³-hybridized carbons (Fsp3) is 0.929. The van der Waals surface area contributed by atoms with E-state index in [0.29, 0.717) is 5.92 Å². The SMILES string of the molecule is CC(C)(C)OC(=O)N1CCCCC1C(N)C1CC1. The van der Waals surface area contributed by atoms with Gasteiger partial charge in [-0.25, -0.2) is 4.79 Å². The van der Waals surface area contributed by atoms with Crippen molar-refractivity contribution in [1.29, 1.82) is 0 Å². The van der Waals surface area contributed by atoms with Gasteiger partial charge in [-0.1, -0.05) is 0 Å². The highest BCUT2D eigenvalue weighted by Crippen LogP contribution is 2.36. The highest BCUT2D eigenvalue weighted by Gasteiger charge is 2.40. The van der Waals surface area contributed by atoms with E-state index in [1.165, 1.54) is 19.3 Å². The first-order valence-corrected chi connectivity index (χ1v) is 7.14. The molecular formula is C14H26N2O2. The molecule has 104 valence electrons. The Labute approximate surface area is 110 Å². The van der Waals surface area contributed by atoms with Crippen LogP contribution in [0, 0.1) is 5.92 Å². The molecule has 2 rings (SSSR count). The summed E-state index contributed by atoms with van der Waals surface area (Å²) in [6.07, 6.45) is 5.51. The molecule has 1 saturated heterocycles. The third-order valence-electron chi connectivity index (χ3n) is 3.79. The zero-order valence-electron chi connectivity index (χ0n) is 11.8. The minimum Gasteiger partial charge on any atom is -0.444 e. The maximum absolute atomic E-state index is 12.2. The highest BCUT2D eigenvalue weighted by molar-refractivity contribution is 5.68. The standard InChI is InChI=1S/C14H26N2O2/c1-14(2,3)18-13(17)16-9-5-4-6-11(16)12(15)10-7-8-10/h10-12H,4-9,15H2,1-3H3. The fourth-order valence-electron chi connectivity index (χ4n) is 2.70. The van der Waals surface area contributed by atoms with Gasteiger partial charge in [-0.3, -0.25) is 0 Å². The molecule has 1 saturated carbocycles. The number of likely N-dealkylation sites (tertiary alicyclic amines) is 1. The van der Waals surface area contributed by atoms with E-state index in [1.54, 1.807) is 0 Å². The highest BCUT2D eigenvalue weighted by atomic mass is 16.6. The number of hydrogen-bond donors (Lipinski definition) is 1. The molecule has 0 aromatic rings. The number of carbonyl (C=O) groups is 1. The largest absolute Gasteiger partial charge is 0.444 e. The zero-order chi connectivity index (χ0) is 13.3. The number of carbonyl (C=O) groups excluding carboxylic acids is 1. The van der Waals surface area contributed by atoms with Gasteiger partial charge in [0.2, 0.25) is 0 Å². The minimum absolute atomic E-state index is 0.137. The van der Waals surface area contributed by atoms with Crippen molar-refractivity contribution in [3.63, 3.8) is 0 Å². The maximum Gasteiger partial charge on any atom is 0.410 e. The third-order valence-corrected chi connectivity index (χ3v) is 3.79. The first-order valence-electron chi connectivity index (χ1n) is 7.14. The Hall–Kier alpha value is -0.770. The maximum atomic E-state index is 12.2. The lowest BCUT2D eigenvalue weighted by atomic mass is 9.93. The summed E-state index contributed by atoms with van der Waals surface area (Å²) >= 11 is 0. The lowest BCUT2D eigenvalue weighted by molar-refractivity contribution is 0.00563. The van der Waals surface area contributed by atoms with Gasteiger partial charge in [0.05, 0.1) is 6.04 Å². The second-order valence-electron chi connectivity index (χ2n) is 6.65. The van der Waals surface area contributed by atoms with Crippen LogP contribution in [0.3, 0.4) is 0 Å². The van der Waals surface area contributed by atoms with Crippen molar-refractivity contribution in [3.8, 4) is 0 Å². The van der Waals surface area contributed by atoms with Crippen molar-refractivity contribution in [2.24, 2.45) is 11.7 Å². The topological polar surface area (TPSA) is 55.6 Å². The molecular weight excluding hydrogens is 228 g/mol. The molecule has 1 amide bonds. The van der Waals surface area contributed by atoms with Gasteiger partial charge in [-0.05, 0) is 58.8 Å². The third kappa shape index (κ3) is 3.37. The molecule has 0 bridgehead atoms. The minimum atomic E-state index is -0.428. The lowest BCUT2D eigenvalue weighted by Gasteiger charge is -2.39. The van der Waals surface area contributed by atoms with E-state index >= 15 is 0 Å². The normalized spacial score (nSPS) is 26.9. The van der Waals surface area contributed by atoms with Crippen LogP contribution in [0.5, 0.6) is 0 Å². The molecule has 2 aliphatic rings. The van der Waals surface area contributed by atoms with Crippen molar-refractivity contribution in [2.45, 2.75) is 70.6 Å². The molecule has 1 heterocycles. The Morgan fingerprint density at radius 2 is 1.94 bits per heavy atom. The lowest BCUT2D eigenvalue weighted by Crippen LogP contribution is -2.54. The van der Waals surface area contributed by atoms with Gasteiger partial charge in [0.15, 0.2) is 0 Å². The predicted molar refractivity (Wildman–Crippen MR) is 71.3 cm³/mol. The van der Waals surface area contributed by atoms with E-state index in [-0.39, 0.29) is 18.2 Å². The van der Waals surface area contributed by atoms with Gasteiger partial charge in [0.1, 0.15) is 5.60 Å². The Morgan fingerprint density at radius 1 is 1.28 bits per heavy atom. The average molecular weight is 254 g/mol. The van der Waals surface area contributed by atoms with Crippen LogP contribution in [0.4, 0.5) is 4.79 Å². The predicted octanol–water partition coefficient (Wildman–Crippen LogP) is 2.51. The van der Waals surface area contributed by atoms with Gasteiger partial charge in [-0.15, -0.1) is 0 Å². The molecule has 2 unspecified atom stereocenters. The second-order valence-corrected chi connectivity index (χ2v) is 6.65. The summed E-state index contributed by atoms with van der Waals surface area (Å²) in [4.78, 5) is 14.1. The van der Waals surface area contributed by atoms with Crippen LogP contribution in [0.1, 0.15) is 52.9 Å². The Morgan fingerprint density at radius 3 is 2.50 bits per heavy atom. The molecule has 2 N–H and O–H groups in total. The molecule has 4 nitrogen and oxygen atoms in total. The van der Waals surface area contributed by atoms with Crippen LogP contribution >= 0.6 is 0 Å². The zero-order valence-corrected chi connectivity index (χ0v) is 11.8. The second kappa shape index (κ2) is 5.08. The Balaban J connectivity index is 2.00. The van der Waals surface area contributed by atoms with Crippen LogP contribution in [0.25, 0.3) is 0 Å². The summed E-state index contributed by atoms with van der Waals surface area (Å²) in [5, 5.41) is 0. The van der Waals surface area contributed by atoms with Crippen LogP contribution in [0.2, 0.25) is 0 Å². The number of hydrogen-bond acceptors (Lipinski definition) is 3. The van der Waals surface area contributed by atoms with E-state index in [4.69, 9.17) is 10.5 Å². The number of piperidine rings is 1. The molecule has 18 heavy (non-hydrogen) atoms. The number of ether oxygens (including phenoxy) is 1. The number of amides is 1. The molecule has 1 aliphatic heterocycles. The van der Waals surface area contributed by atoms with Crippen molar-refractivity contribution in [1.82, 2.24) is 4.90 Å². The Kier molecular flexibility index (Phi) is 3.85. The van der Waals surface area contributed by atoms with E-state index in [2.05, 4.69) is 0 Å². The summed E-state index contributed by atoms with van der Waals surface area (Å²) in [7, 11) is 0. The monoisotopic (exact) mass is 254 g/mol. The first kappa shape index (κ1) is 13.7. The van der Waals surface area contributed by atoms with Crippen LogP contribution in [0.15, 0.2) is 0 Å². The summed E-state index contributed by atoms with van der Waals surface area (Å²) in [5.74, 6) is 0.623. The van der Waals surface area contributed by atoms with Gasteiger partial charge in [0, 0.05) is 12.6 Å². The summed E-state index contributed by atoms with van der Waals surface area (Å²) < 4.78 is 5.49. The summed E-state index contributed by atoms with van der Waals surface area (Å²) in [6, 6.07) is 0.318. The van der Waals surface area contributed by atoms with Gasteiger partial charge >= 0.3 is 6.09 Å². The van der Waals surface area contributed by atoms with Crippen molar-refractivity contribution in [2.75, 3.05) is 6.54 Å². The Bertz CT molecular complexity index is 307. The number of nitrogens with zero attached hydrogens (tertiary/aromatic N) is 1. The molecule has 0 radical (unpaired) electrons. The van der Waals surface area contributed by atoms with E-state index in [0.717, 1.165) is 19.4 Å². The van der Waals surface area contributed by atoms with E-state index < -0.39 is 5.60 Å². The molecule has 2 fully saturated rings. The van der Waals surface area contributed by atoms with Crippen molar-refractivity contribution < 1.29 is 9.53 Å². The van der Waals surface area contributed by atoms with Gasteiger partial charge in [0.25, 0.3) is 0 Å². The average Bonchev–Trinajstić information content (AvgIpc) is 3.09. The number of rotatable bonds is 2. The smallest absolute Gasteiger partial charge is 0.410 e. The molecule has 0 aromatic carbocycles. The summed E-state index contributed by atoms with van der Waals surface area (Å²) in [5.41, 5.74) is 5.87. The summed E-state index contributed by atoms with van der Waals surface area (Å²) in [6.45, 7) is 6.51. The van der Waals surface area contributed by atoms with Gasteiger partial charge < -0.3 is 15.4 Å². The van der Waals surface area contributed by atoms with E-state index in [1.807, 2.05) is 25.7 Å². The van der Waals surface area contributed by atoms with Crippen LogP contribution < -0.4 is 5.73 Å². The van der Waals surface area contributed by atoms with Crippen molar-refractivity contribution in [3.05, 3.63) is 0 Å². The molecule has 0 aromatic heterocycles. The van der Waals surface area contributed by atoms with Gasteiger partial charge in [-0.2, -0.15) is 0 Å². The quantitative estimate of drug-likeness (QED) is 0.823. The molecule has 1 aliphatic carbocycles. The van der Waals surface area contributed by atoms with Crippen LogP contribution in [-0.2, 0) is 4.74 Å². The van der Waals surface area contributed by atoms with Crippen LogP contribution in [-0.4, -0.2) is 35.2 Å². The number of nitrogens with two attached hydrogens (primary N) is 1.